The zero-order valence-electron chi connectivity index (χ0n) is 9.43. The van der Waals surface area contributed by atoms with E-state index in [1.165, 1.54) is 0 Å². The molecule has 1 saturated carbocycles. The van der Waals surface area contributed by atoms with Gasteiger partial charge in [-0.25, -0.2) is 8.78 Å². The molecule has 1 nitrogen and oxygen atoms in total. The van der Waals surface area contributed by atoms with E-state index in [1.54, 1.807) is 6.07 Å². The number of halogens is 3. The summed E-state index contributed by atoms with van der Waals surface area (Å²) in [6.07, 6.45) is 0.126. The molecule has 2 rings (SSSR count). The van der Waals surface area contributed by atoms with Gasteiger partial charge in [-0.05, 0) is 24.5 Å². The van der Waals surface area contributed by atoms with E-state index in [9.17, 15) is 13.9 Å². The summed E-state index contributed by atoms with van der Waals surface area (Å²) in [5.41, 5.74) is -0.214. The molecule has 1 aliphatic rings. The van der Waals surface area contributed by atoms with Crippen molar-refractivity contribution < 1.29 is 13.9 Å². The summed E-state index contributed by atoms with van der Waals surface area (Å²) in [5.74, 6) is -2.62. The lowest BCUT2D eigenvalue weighted by Gasteiger charge is -2.36. The van der Waals surface area contributed by atoms with Gasteiger partial charge >= 0.3 is 0 Å². The summed E-state index contributed by atoms with van der Waals surface area (Å²) in [5, 5.41) is 10.9. The molecule has 0 bridgehead atoms. The van der Waals surface area contributed by atoms with Crippen molar-refractivity contribution in [3.63, 3.8) is 0 Å². The van der Waals surface area contributed by atoms with Crippen molar-refractivity contribution in [1.29, 1.82) is 0 Å². The lowest BCUT2D eigenvalue weighted by Crippen LogP contribution is -2.40. The third-order valence-electron chi connectivity index (χ3n) is 3.39. The predicted octanol–water partition coefficient (Wildman–Crippen LogP) is 3.82. The van der Waals surface area contributed by atoms with E-state index >= 15 is 0 Å². The quantitative estimate of drug-likeness (QED) is 0.857. The normalized spacial score (nSPS) is 22.4. The smallest absolute Gasteiger partial charge is 0.248 e. The van der Waals surface area contributed by atoms with Crippen LogP contribution in [-0.2, 0) is 6.42 Å². The second kappa shape index (κ2) is 4.54. The molecule has 1 N–H and O–H groups in total. The van der Waals surface area contributed by atoms with Crippen molar-refractivity contribution in [2.45, 2.75) is 43.6 Å². The van der Waals surface area contributed by atoms with Crippen molar-refractivity contribution in [3.8, 4) is 0 Å². The number of rotatable bonds is 2. The van der Waals surface area contributed by atoms with Gasteiger partial charge in [-0.3, -0.25) is 0 Å². The lowest BCUT2D eigenvalue weighted by atomic mass is 9.79. The number of hydrogen-bond acceptors (Lipinski definition) is 1. The molecule has 0 amide bonds. The molecule has 1 aromatic rings. The highest BCUT2D eigenvalue weighted by molar-refractivity contribution is 6.31. The number of alkyl halides is 2. The summed E-state index contributed by atoms with van der Waals surface area (Å²) in [4.78, 5) is 0. The Labute approximate surface area is 104 Å². The maximum absolute atomic E-state index is 13.0. The fourth-order valence-electron chi connectivity index (χ4n) is 2.25. The Hall–Kier alpha value is -0.670. The fraction of sp³-hybridized carbons (Fsp3) is 0.538. The maximum atomic E-state index is 13.0. The number of hydrogen-bond donors (Lipinski definition) is 1. The molecule has 17 heavy (non-hydrogen) atoms. The molecule has 0 heterocycles. The number of aliphatic hydroxyl groups is 1. The van der Waals surface area contributed by atoms with Crippen LogP contribution in [0.1, 0.15) is 31.2 Å². The van der Waals surface area contributed by atoms with Crippen LogP contribution in [0.15, 0.2) is 24.3 Å². The van der Waals surface area contributed by atoms with E-state index < -0.39 is 11.5 Å². The van der Waals surface area contributed by atoms with Crippen LogP contribution in [0.25, 0.3) is 0 Å². The van der Waals surface area contributed by atoms with Crippen LogP contribution in [0.4, 0.5) is 8.78 Å². The zero-order chi connectivity index (χ0) is 12.5. The summed E-state index contributed by atoms with van der Waals surface area (Å²) in [6, 6.07) is 7.22. The van der Waals surface area contributed by atoms with Crippen LogP contribution >= 0.6 is 11.6 Å². The van der Waals surface area contributed by atoms with E-state index in [0.717, 1.165) is 5.56 Å². The van der Waals surface area contributed by atoms with E-state index in [1.807, 2.05) is 18.2 Å². The number of benzene rings is 1. The summed E-state index contributed by atoms with van der Waals surface area (Å²) >= 11 is 6.00. The first-order chi connectivity index (χ1) is 7.90. The predicted molar refractivity (Wildman–Crippen MR) is 63.5 cm³/mol. The first kappa shape index (κ1) is 12.8. The third kappa shape index (κ3) is 3.17. The molecular formula is C13H15ClF2O. The summed E-state index contributed by atoms with van der Waals surface area (Å²) < 4.78 is 26.1. The van der Waals surface area contributed by atoms with Gasteiger partial charge in [-0.15, -0.1) is 0 Å². The van der Waals surface area contributed by atoms with Crippen LogP contribution in [-0.4, -0.2) is 16.6 Å². The minimum Gasteiger partial charge on any atom is -0.390 e. The minimum atomic E-state index is -2.62. The fourth-order valence-corrected chi connectivity index (χ4v) is 2.46. The van der Waals surface area contributed by atoms with Crippen molar-refractivity contribution >= 4 is 11.6 Å². The molecular weight excluding hydrogens is 246 g/mol. The van der Waals surface area contributed by atoms with Crippen molar-refractivity contribution in [2.75, 3.05) is 0 Å². The summed E-state index contributed by atoms with van der Waals surface area (Å²) in [7, 11) is 0. The Morgan fingerprint density at radius 1 is 1.12 bits per heavy atom. The highest BCUT2D eigenvalue weighted by atomic mass is 35.5. The second-order valence-corrected chi connectivity index (χ2v) is 5.26. The van der Waals surface area contributed by atoms with Crippen LogP contribution in [0.3, 0.4) is 0 Å². The molecule has 0 saturated heterocycles. The highest BCUT2D eigenvalue weighted by Crippen LogP contribution is 2.40. The minimum absolute atomic E-state index is 0.130. The molecule has 0 aromatic heterocycles. The van der Waals surface area contributed by atoms with Gasteiger partial charge in [-0.1, -0.05) is 29.8 Å². The van der Waals surface area contributed by atoms with Gasteiger partial charge in [0, 0.05) is 24.3 Å². The maximum Gasteiger partial charge on any atom is 0.248 e. The molecule has 94 valence electrons. The van der Waals surface area contributed by atoms with Crippen LogP contribution in [0, 0.1) is 0 Å². The zero-order valence-corrected chi connectivity index (χ0v) is 10.2. The monoisotopic (exact) mass is 260 g/mol. The average Bonchev–Trinajstić information content (AvgIpc) is 2.27. The van der Waals surface area contributed by atoms with Gasteiger partial charge in [-0.2, -0.15) is 0 Å². The molecule has 0 unspecified atom stereocenters. The van der Waals surface area contributed by atoms with Gasteiger partial charge in [0.1, 0.15) is 0 Å². The molecule has 4 heteroatoms. The SMILES string of the molecule is OC1(Cc2ccccc2Cl)CCC(F)(F)CC1. The third-order valence-corrected chi connectivity index (χ3v) is 3.76. The highest BCUT2D eigenvalue weighted by Gasteiger charge is 2.42. The van der Waals surface area contributed by atoms with E-state index in [2.05, 4.69) is 0 Å². The lowest BCUT2D eigenvalue weighted by molar-refractivity contribution is -0.103. The van der Waals surface area contributed by atoms with E-state index in [0.29, 0.717) is 11.4 Å². The molecule has 1 aliphatic carbocycles. The van der Waals surface area contributed by atoms with Gasteiger partial charge in [0.15, 0.2) is 0 Å². The average molecular weight is 261 g/mol. The van der Waals surface area contributed by atoms with E-state index in [-0.39, 0.29) is 25.7 Å². The summed E-state index contributed by atoms with van der Waals surface area (Å²) in [6.45, 7) is 0. The van der Waals surface area contributed by atoms with Crippen molar-refractivity contribution in [2.24, 2.45) is 0 Å². The molecule has 1 aromatic carbocycles. The Morgan fingerprint density at radius 2 is 1.71 bits per heavy atom. The van der Waals surface area contributed by atoms with Crippen LogP contribution in [0.2, 0.25) is 5.02 Å². The molecule has 0 radical (unpaired) electrons. The van der Waals surface area contributed by atoms with Crippen molar-refractivity contribution in [3.05, 3.63) is 34.9 Å². The first-order valence-electron chi connectivity index (χ1n) is 5.74. The van der Waals surface area contributed by atoms with Gasteiger partial charge in [0.25, 0.3) is 0 Å². The Morgan fingerprint density at radius 3 is 2.29 bits per heavy atom. The Bertz CT molecular complexity index is 396. The molecule has 0 spiro atoms. The van der Waals surface area contributed by atoms with E-state index in [4.69, 9.17) is 11.6 Å². The van der Waals surface area contributed by atoms with Gasteiger partial charge < -0.3 is 5.11 Å². The standard InChI is InChI=1S/C13H15ClF2O/c14-11-4-2-1-3-10(11)9-12(17)5-7-13(15,16)8-6-12/h1-4,17H,5-9H2. The first-order valence-corrected chi connectivity index (χ1v) is 6.12. The van der Waals surface area contributed by atoms with Crippen molar-refractivity contribution in [1.82, 2.24) is 0 Å². The van der Waals surface area contributed by atoms with Crippen LogP contribution in [0.5, 0.6) is 0 Å². The molecule has 0 atom stereocenters. The van der Waals surface area contributed by atoms with Crippen LogP contribution < -0.4 is 0 Å². The second-order valence-electron chi connectivity index (χ2n) is 4.85. The van der Waals surface area contributed by atoms with Gasteiger partial charge in [0.05, 0.1) is 5.60 Å². The topological polar surface area (TPSA) is 20.2 Å². The van der Waals surface area contributed by atoms with Gasteiger partial charge in [0.2, 0.25) is 5.92 Å². The Kier molecular flexibility index (Phi) is 3.41. The Balaban J connectivity index is 2.07. The molecule has 0 aliphatic heterocycles. The largest absolute Gasteiger partial charge is 0.390 e. The molecule has 1 fully saturated rings.